The van der Waals surface area contributed by atoms with Crippen LogP contribution in [-0.2, 0) is 6.42 Å². The van der Waals surface area contributed by atoms with Crippen molar-refractivity contribution >= 4 is 23.2 Å². The smallest absolute Gasteiger partial charge is 0.124 e. The number of hydrogen-bond donors (Lipinski definition) is 0. The van der Waals surface area contributed by atoms with Crippen LogP contribution in [0, 0.1) is 6.92 Å². The molecule has 0 radical (unpaired) electrons. The van der Waals surface area contributed by atoms with Crippen molar-refractivity contribution < 1.29 is 4.74 Å². The topological polar surface area (TPSA) is 9.23 Å². The number of fused-ring (bicyclic) bond motifs is 1. The number of halogens is 2. The SMILES string of the molecule is Cc1ccc2c(c1)CCC(c1ccc(Cl)c(Cl)c1)O2. The first-order valence-electron chi connectivity index (χ1n) is 6.34. The van der Waals surface area contributed by atoms with Gasteiger partial charge in [0, 0.05) is 0 Å². The molecule has 19 heavy (non-hydrogen) atoms. The fourth-order valence-electron chi connectivity index (χ4n) is 2.46. The van der Waals surface area contributed by atoms with Gasteiger partial charge in [-0.1, -0.05) is 47.0 Å². The van der Waals surface area contributed by atoms with Gasteiger partial charge in [0.25, 0.3) is 0 Å². The van der Waals surface area contributed by atoms with Crippen LogP contribution in [0.1, 0.15) is 29.2 Å². The number of rotatable bonds is 1. The van der Waals surface area contributed by atoms with Crippen LogP contribution in [0.4, 0.5) is 0 Å². The number of hydrogen-bond acceptors (Lipinski definition) is 1. The monoisotopic (exact) mass is 292 g/mol. The van der Waals surface area contributed by atoms with Crippen molar-refractivity contribution in [3.8, 4) is 5.75 Å². The summed E-state index contributed by atoms with van der Waals surface area (Å²) in [7, 11) is 0. The van der Waals surface area contributed by atoms with Gasteiger partial charge in [-0.15, -0.1) is 0 Å². The molecule has 0 bridgehead atoms. The molecular formula is C16H14Cl2O. The number of benzene rings is 2. The molecule has 1 atom stereocenters. The number of aryl methyl sites for hydroxylation is 2. The molecule has 1 heterocycles. The number of ether oxygens (including phenoxy) is 1. The van der Waals surface area contributed by atoms with Gasteiger partial charge in [0.2, 0.25) is 0 Å². The van der Waals surface area contributed by atoms with E-state index < -0.39 is 0 Å². The van der Waals surface area contributed by atoms with E-state index in [1.165, 1.54) is 11.1 Å². The Morgan fingerprint density at radius 3 is 2.68 bits per heavy atom. The zero-order valence-corrected chi connectivity index (χ0v) is 12.1. The Bertz CT molecular complexity index is 622. The summed E-state index contributed by atoms with van der Waals surface area (Å²) in [5.74, 6) is 0.980. The molecule has 1 aliphatic rings. The third-order valence-corrected chi connectivity index (χ3v) is 4.22. The lowest BCUT2D eigenvalue weighted by Crippen LogP contribution is -2.15. The van der Waals surface area contributed by atoms with Gasteiger partial charge in [0.05, 0.1) is 10.0 Å². The van der Waals surface area contributed by atoms with Crippen molar-refractivity contribution in [3.05, 3.63) is 63.1 Å². The van der Waals surface area contributed by atoms with Crippen LogP contribution in [0.2, 0.25) is 10.0 Å². The first-order chi connectivity index (χ1) is 9.13. The van der Waals surface area contributed by atoms with E-state index >= 15 is 0 Å². The summed E-state index contributed by atoms with van der Waals surface area (Å²) in [6, 6.07) is 12.0. The molecule has 0 amide bonds. The van der Waals surface area contributed by atoms with E-state index in [0.717, 1.165) is 24.2 Å². The van der Waals surface area contributed by atoms with E-state index in [-0.39, 0.29) is 6.10 Å². The second-order valence-electron chi connectivity index (χ2n) is 4.93. The average molecular weight is 293 g/mol. The van der Waals surface area contributed by atoms with E-state index in [1.54, 1.807) is 0 Å². The summed E-state index contributed by atoms with van der Waals surface area (Å²) < 4.78 is 6.07. The average Bonchev–Trinajstić information content (AvgIpc) is 2.41. The van der Waals surface area contributed by atoms with Gasteiger partial charge in [-0.3, -0.25) is 0 Å². The zero-order chi connectivity index (χ0) is 13.4. The maximum absolute atomic E-state index is 6.07. The molecule has 0 saturated heterocycles. The van der Waals surface area contributed by atoms with Crippen molar-refractivity contribution in [1.29, 1.82) is 0 Å². The Balaban J connectivity index is 1.89. The third kappa shape index (κ3) is 2.58. The molecule has 0 fully saturated rings. The highest BCUT2D eigenvalue weighted by Gasteiger charge is 2.21. The predicted molar refractivity (Wildman–Crippen MR) is 79.3 cm³/mol. The lowest BCUT2D eigenvalue weighted by Gasteiger charge is -2.27. The molecule has 98 valence electrons. The van der Waals surface area contributed by atoms with Crippen LogP contribution < -0.4 is 4.74 Å². The Morgan fingerprint density at radius 2 is 1.89 bits per heavy atom. The molecule has 3 heteroatoms. The van der Waals surface area contributed by atoms with Crippen LogP contribution in [0.5, 0.6) is 5.75 Å². The lowest BCUT2D eigenvalue weighted by atomic mass is 9.96. The molecule has 2 aromatic rings. The Labute approximate surface area is 123 Å². The summed E-state index contributed by atoms with van der Waals surface area (Å²) in [5.41, 5.74) is 3.65. The molecular weight excluding hydrogens is 279 g/mol. The van der Waals surface area contributed by atoms with Crippen molar-refractivity contribution in [2.45, 2.75) is 25.9 Å². The van der Waals surface area contributed by atoms with Crippen LogP contribution in [0.25, 0.3) is 0 Å². The van der Waals surface area contributed by atoms with Crippen molar-refractivity contribution in [2.24, 2.45) is 0 Å². The minimum Gasteiger partial charge on any atom is -0.485 e. The van der Waals surface area contributed by atoms with Gasteiger partial charge < -0.3 is 4.74 Å². The van der Waals surface area contributed by atoms with E-state index in [4.69, 9.17) is 27.9 Å². The Hall–Kier alpha value is -1.18. The maximum atomic E-state index is 6.07. The predicted octanol–water partition coefficient (Wildman–Crippen LogP) is 5.37. The van der Waals surface area contributed by atoms with Crippen LogP contribution in [-0.4, -0.2) is 0 Å². The van der Waals surface area contributed by atoms with E-state index in [0.29, 0.717) is 10.0 Å². The molecule has 1 unspecified atom stereocenters. The summed E-state index contributed by atoms with van der Waals surface area (Å²) in [6.45, 7) is 2.10. The second-order valence-corrected chi connectivity index (χ2v) is 5.74. The normalized spacial score (nSPS) is 17.7. The molecule has 0 N–H and O–H groups in total. The zero-order valence-electron chi connectivity index (χ0n) is 10.6. The molecule has 3 rings (SSSR count). The van der Waals surface area contributed by atoms with Gasteiger partial charge in [-0.05, 0) is 49.1 Å². The standard InChI is InChI=1S/C16H14Cl2O/c1-10-2-6-15-11(8-10)4-7-16(19-15)12-3-5-13(17)14(18)9-12/h2-3,5-6,8-9,16H,4,7H2,1H3. The highest BCUT2D eigenvalue weighted by atomic mass is 35.5. The molecule has 0 aliphatic carbocycles. The summed E-state index contributed by atoms with van der Waals surface area (Å²) in [6.07, 6.45) is 2.06. The minimum absolute atomic E-state index is 0.0602. The van der Waals surface area contributed by atoms with Gasteiger partial charge in [-0.25, -0.2) is 0 Å². The van der Waals surface area contributed by atoms with Gasteiger partial charge >= 0.3 is 0 Å². The van der Waals surface area contributed by atoms with Crippen molar-refractivity contribution in [2.75, 3.05) is 0 Å². The van der Waals surface area contributed by atoms with Crippen LogP contribution in [0.3, 0.4) is 0 Å². The molecule has 0 aromatic heterocycles. The Morgan fingerprint density at radius 1 is 1.05 bits per heavy atom. The molecule has 1 aliphatic heterocycles. The quantitative estimate of drug-likeness (QED) is 0.687. The summed E-state index contributed by atoms with van der Waals surface area (Å²) in [5, 5.41) is 1.16. The largest absolute Gasteiger partial charge is 0.485 e. The molecule has 1 nitrogen and oxygen atoms in total. The highest BCUT2D eigenvalue weighted by Crippen LogP contribution is 2.36. The lowest BCUT2D eigenvalue weighted by molar-refractivity contribution is 0.176. The maximum Gasteiger partial charge on any atom is 0.124 e. The van der Waals surface area contributed by atoms with Crippen LogP contribution >= 0.6 is 23.2 Å². The van der Waals surface area contributed by atoms with Gasteiger partial charge in [-0.2, -0.15) is 0 Å². The first-order valence-corrected chi connectivity index (χ1v) is 7.10. The van der Waals surface area contributed by atoms with Crippen molar-refractivity contribution in [3.63, 3.8) is 0 Å². The third-order valence-electron chi connectivity index (χ3n) is 3.48. The fraction of sp³-hybridized carbons (Fsp3) is 0.250. The fourth-order valence-corrected chi connectivity index (χ4v) is 2.77. The first kappa shape index (κ1) is 12.8. The molecule has 0 spiro atoms. The molecule has 2 aromatic carbocycles. The molecule has 0 saturated carbocycles. The second kappa shape index (κ2) is 5.07. The van der Waals surface area contributed by atoms with E-state index in [9.17, 15) is 0 Å². The van der Waals surface area contributed by atoms with E-state index in [1.807, 2.05) is 24.3 Å². The Kier molecular flexibility index (Phi) is 3.42. The minimum atomic E-state index is 0.0602. The highest BCUT2D eigenvalue weighted by molar-refractivity contribution is 6.42. The van der Waals surface area contributed by atoms with E-state index in [2.05, 4.69) is 19.1 Å². The summed E-state index contributed by atoms with van der Waals surface area (Å²) >= 11 is 12.0. The van der Waals surface area contributed by atoms with Gasteiger partial charge in [0.1, 0.15) is 11.9 Å². The van der Waals surface area contributed by atoms with Crippen LogP contribution in [0.15, 0.2) is 36.4 Å². The van der Waals surface area contributed by atoms with Crippen molar-refractivity contribution in [1.82, 2.24) is 0 Å². The summed E-state index contributed by atoms with van der Waals surface area (Å²) in [4.78, 5) is 0. The van der Waals surface area contributed by atoms with Gasteiger partial charge in [0.15, 0.2) is 0 Å².